The van der Waals surface area contributed by atoms with Crippen LogP contribution in [0.3, 0.4) is 0 Å². The molecule has 0 heterocycles. The minimum atomic E-state index is 0.0499. The maximum absolute atomic E-state index is 8.37. The SMILES string of the molecule is COc1cccc(/C(Cl)=N\O)c1. The lowest BCUT2D eigenvalue weighted by molar-refractivity contribution is 0.321. The molecular formula is C8H8ClNO2. The van der Waals surface area contributed by atoms with Crippen LogP contribution in [0.1, 0.15) is 5.56 Å². The Hall–Kier alpha value is -1.22. The molecule has 12 heavy (non-hydrogen) atoms. The van der Waals surface area contributed by atoms with Gasteiger partial charge >= 0.3 is 0 Å². The van der Waals surface area contributed by atoms with E-state index in [0.29, 0.717) is 11.3 Å². The first-order chi connectivity index (χ1) is 5.77. The van der Waals surface area contributed by atoms with Gasteiger partial charge < -0.3 is 9.94 Å². The molecule has 0 aliphatic carbocycles. The van der Waals surface area contributed by atoms with E-state index < -0.39 is 0 Å². The number of hydrogen-bond acceptors (Lipinski definition) is 3. The van der Waals surface area contributed by atoms with Crippen LogP contribution in [0, 0.1) is 0 Å². The van der Waals surface area contributed by atoms with E-state index in [1.54, 1.807) is 31.4 Å². The van der Waals surface area contributed by atoms with Crippen molar-refractivity contribution in [1.29, 1.82) is 0 Å². The monoisotopic (exact) mass is 185 g/mol. The molecular weight excluding hydrogens is 178 g/mol. The molecule has 64 valence electrons. The van der Waals surface area contributed by atoms with E-state index in [0.717, 1.165) is 0 Å². The van der Waals surface area contributed by atoms with E-state index >= 15 is 0 Å². The number of methoxy groups -OCH3 is 1. The predicted octanol–water partition coefficient (Wildman–Crippen LogP) is 2.07. The van der Waals surface area contributed by atoms with Crippen molar-refractivity contribution in [2.45, 2.75) is 0 Å². The van der Waals surface area contributed by atoms with Gasteiger partial charge in [0.2, 0.25) is 0 Å². The maximum Gasteiger partial charge on any atom is 0.175 e. The Labute approximate surface area is 75.2 Å². The fourth-order valence-corrected chi connectivity index (χ4v) is 0.927. The van der Waals surface area contributed by atoms with E-state index in [-0.39, 0.29) is 5.17 Å². The van der Waals surface area contributed by atoms with Crippen LogP contribution in [0.2, 0.25) is 0 Å². The van der Waals surface area contributed by atoms with Crippen LogP contribution in [0.15, 0.2) is 29.4 Å². The summed E-state index contributed by atoms with van der Waals surface area (Å²) in [5.74, 6) is 0.675. The molecule has 0 atom stereocenters. The molecule has 0 fully saturated rings. The molecule has 0 aliphatic heterocycles. The summed E-state index contributed by atoms with van der Waals surface area (Å²) in [6.45, 7) is 0. The third-order valence-electron chi connectivity index (χ3n) is 1.40. The Bertz CT molecular complexity index is 299. The third kappa shape index (κ3) is 1.89. The summed E-state index contributed by atoms with van der Waals surface area (Å²) in [7, 11) is 1.56. The molecule has 1 aromatic carbocycles. The predicted molar refractivity (Wildman–Crippen MR) is 47.2 cm³/mol. The second-order valence-corrected chi connectivity index (χ2v) is 2.48. The summed E-state index contributed by atoms with van der Waals surface area (Å²) < 4.78 is 4.95. The lowest BCUT2D eigenvalue weighted by Gasteiger charge is -2.00. The van der Waals surface area contributed by atoms with E-state index in [1.807, 2.05) is 0 Å². The largest absolute Gasteiger partial charge is 0.497 e. The van der Waals surface area contributed by atoms with Gasteiger partial charge in [0.1, 0.15) is 5.75 Å². The van der Waals surface area contributed by atoms with Gasteiger partial charge in [-0.3, -0.25) is 0 Å². The Balaban J connectivity index is 3.02. The molecule has 0 amide bonds. The van der Waals surface area contributed by atoms with Crippen molar-refractivity contribution in [1.82, 2.24) is 0 Å². The van der Waals surface area contributed by atoms with Crippen molar-refractivity contribution in [3.63, 3.8) is 0 Å². The molecule has 0 bridgehead atoms. The standard InChI is InChI=1S/C8H8ClNO2/c1-12-7-4-2-3-6(5-7)8(9)10-11/h2-5,11H,1H3/b10-8+. The average molecular weight is 186 g/mol. The number of rotatable bonds is 2. The maximum atomic E-state index is 8.37. The van der Waals surface area contributed by atoms with Crippen molar-refractivity contribution in [2.24, 2.45) is 5.16 Å². The topological polar surface area (TPSA) is 41.8 Å². The Kier molecular flexibility index (Phi) is 2.94. The molecule has 1 aromatic rings. The van der Waals surface area contributed by atoms with Crippen molar-refractivity contribution < 1.29 is 9.94 Å². The zero-order valence-corrected chi connectivity index (χ0v) is 7.25. The van der Waals surface area contributed by atoms with Crippen LogP contribution in [-0.2, 0) is 0 Å². The number of oxime groups is 1. The lowest BCUT2D eigenvalue weighted by atomic mass is 10.2. The zero-order valence-electron chi connectivity index (χ0n) is 6.49. The van der Waals surface area contributed by atoms with Gasteiger partial charge in [0, 0.05) is 5.56 Å². The van der Waals surface area contributed by atoms with Crippen LogP contribution >= 0.6 is 11.6 Å². The first-order valence-corrected chi connectivity index (χ1v) is 3.67. The van der Waals surface area contributed by atoms with Gasteiger partial charge in [-0.05, 0) is 12.1 Å². The van der Waals surface area contributed by atoms with Crippen molar-refractivity contribution in [3.8, 4) is 5.75 Å². The van der Waals surface area contributed by atoms with Crippen molar-refractivity contribution >= 4 is 16.8 Å². The molecule has 4 heteroatoms. The molecule has 0 unspecified atom stereocenters. The zero-order chi connectivity index (χ0) is 8.97. The molecule has 0 saturated carbocycles. The highest BCUT2D eigenvalue weighted by atomic mass is 35.5. The van der Waals surface area contributed by atoms with E-state index in [2.05, 4.69) is 5.16 Å². The third-order valence-corrected chi connectivity index (χ3v) is 1.69. The fourth-order valence-electron chi connectivity index (χ4n) is 0.809. The van der Waals surface area contributed by atoms with Crippen molar-refractivity contribution in [3.05, 3.63) is 29.8 Å². The average Bonchev–Trinajstić information content (AvgIpc) is 2.17. The molecule has 3 nitrogen and oxygen atoms in total. The van der Waals surface area contributed by atoms with Gasteiger partial charge in [0.15, 0.2) is 5.17 Å². The highest BCUT2D eigenvalue weighted by Crippen LogP contribution is 2.14. The number of halogens is 1. The van der Waals surface area contributed by atoms with Crippen LogP contribution in [0.5, 0.6) is 5.75 Å². The van der Waals surface area contributed by atoms with Crippen LogP contribution < -0.4 is 4.74 Å². The Morgan fingerprint density at radius 3 is 2.92 bits per heavy atom. The summed E-state index contributed by atoms with van der Waals surface area (Å²) in [6.07, 6.45) is 0. The van der Waals surface area contributed by atoms with Gasteiger partial charge in [-0.15, -0.1) is 0 Å². The Morgan fingerprint density at radius 1 is 1.58 bits per heavy atom. The highest BCUT2D eigenvalue weighted by Gasteiger charge is 2.00. The smallest absolute Gasteiger partial charge is 0.175 e. The van der Waals surface area contributed by atoms with Gasteiger partial charge in [-0.25, -0.2) is 0 Å². The van der Waals surface area contributed by atoms with Crippen LogP contribution in [0.25, 0.3) is 0 Å². The summed E-state index contributed by atoms with van der Waals surface area (Å²) in [4.78, 5) is 0. The minimum Gasteiger partial charge on any atom is -0.497 e. The highest BCUT2D eigenvalue weighted by molar-refractivity contribution is 6.69. The normalized spacial score (nSPS) is 11.3. The van der Waals surface area contributed by atoms with Gasteiger partial charge in [-0.1, -0.05) is 28.9 Å². The number of nitrogens with zero attached hydrogens (tertiary/aromatic N) is 1. The van der Waals surface area contributed by atoms with Crippen molar-refractivity contribution in [2.75, 3.05) is 7.11 Å². The summed E-state index contributed by atoms with van der Waals surface area (Å²) >= 11 is 5.56. The number of benzene rings is 1. The quantitative estimate of drug-likeness (QED) is 0.436. The molecule has 1 rings (SSSR count). The van der Waals surface area contributed by atoms with Crippen LogP contribution in [0.4, 0.5) is 0 Å². The second-order valence-electron chi connectivity index (χ2n) is 2.12. The van der Waals surface area contributed by atoms with E-state index in [9.17, 15) is 0 Å². The lowest BCUT2D eigenvalue weighted by Crippen LogP contribution is -1.91. The van der Waals surface area contributed by atoms with Gasteiger partial charge in [-0.2, -0.15) is 0 Å². The molecule has 1 N–H and O–H groups in total. The van der Waals surface area contributed by atoms with E-state index in [1.165, 1.54) is 0 Å². The van der Waals surface area contributed by atoms with E-state index in [4.69, 9.17) is 21.5 Å². The molecule has 0 saturated heterocycles. The fraction of sp³-hybridized carbons (Fsp3) is 0.125. The molecule has 0 radical (unpaired) electrons. The second kappa shape index (κ2) is 3.97. The first-order valence-electron chi connectivity index (χ1n) is 3.30. The first kappa shape index (κ1) is 8.87. The summed E-state index contributed by atoms with van der Waals surface area (Å²) in [6, 6.07) is 6.96. The molecule has 0 aliphatic rings. The van der Waals surface area contributed by atoms with Crippen LogP contribution in [-0.4, -0.2) is 17.5 Å². The number of ether oxygens (including phenoxy) is 1. The minimum absolute atomic E-state index is 0.0499. The van der Waals surface area contributed by atoms with Gasteiger partial charge in [0.25, 0.3) is 0 Å². The molecule has 0 spiro atoms. The van der Waals surface area contributed by atoms with Gasteiger partial charge in [0.05, 0.1) is 7.11 Å². The Morgan fingerprint density at radius 2 is 2.33 bits per heavy atom. The summed E-state index contributed by atoms with van der Waals surface area (Å²) in [5, 5.41) is 11.3. The summed E-state index contributed by atoms with van der Waals surface area (Å²) in [5.41, 5.74) is 0.624. The molecule has 0 aromatic heterocycles. The number of hydrogen-bond donors (Lipinski definition) is 1.